The molecule has 0 aliphatic carbocycles. The van der Waals surface area contributed by atoms with Gasteiger partial charge in [0.05, 0.1) is 26.4 Å². The van der Waals surface area contributed by atoms with Crippen LogP contribution < -0.4 is 0 Å². The van der Waals surface area contributed by atoms with Gasteiger partial charge in [-0.3, -0.25) is 37.3 Å². The lowest BCUT2D eigenvalue weighted by Crippen LogP contribution is -2.30. The highest BCUT2D eigenvalue weighted by atomic mass is 31.2. The molecule has 0 spiro atoms. The summed E-state index contributed by atoms with van der Waals surface area (Å²) in [6.07, 6.45) is 55.5. The fourth-order valence-electron chi connectivity index (χ4n) is 11.7. The Kier molecular flexibility index (Phi) is 66.5. The fraction of sp³-hybridized carbons (Fsp3) is 0.947. The molecule has 0 aliphatic heterocycles. The van der Waals surface area contributed by atoms with Crippen LogP contribution in [0.4, 0.5) is 0 Å². The summed E-state index contributed by atoms with van der Waals surface area (Å²) < 4.78 is 68.5. The van der Waals surface area contributed by atoms with E-state index in [4.69, 9.17) is 37.0 Å². The normalized spacial score (nSPS) is 14.0. The molecule has 5 atom stereocenters. The van der Waals surface area contributed by atoms with Gasteiger partial charge in [-0.05, 0) is 37.5 Å². The topological polar surface area (TPSA) is 237 Å². The van der Waals surface area contributed by atoms with Gasteiger partial charge in [-0.1, -0.05) is 343 Å². The van der Waals surface area contributed by atoms with E-state index in [0.29, 0.717) is 25.7 Å². The molecular weight excluding hydrogens is 1250 g/mol. The largest absolute Gasteiger partial charge is 0.472 e. The lowest BCUT2D eigenvalue weighted by atomic mass is 10.0. The first-order chi connectivity index (χ1) is 45.9. The first-order valence-corrected chi connectivity index (χ1v) is 42.5. The molecule has 17 nitrogen and oxygen atoms in total. The summed E-state index contributed by atoms with van der Waals surface area (Å²) in [6, 6.07) is 0. The van der Waals surface area contributed by atoms with Crippen LogP contribution in [0.5, 0.6) is 0 Å². The molecule has 0 amide bonds. The van der Waals surface area contributed by atoms with Crippen LogP contribution in [0.15, 0.2) is 0 Å². The second-order valence-corrected chi connectivity index (χ2v) is 31.3. The molecule has 2 unspecified atom stereocenters. The van der Waals surface area contributed by atoms with Crippen molar-refractivity contribution in [1.29, 1.82) is 0 Å². The van der Waals surface area contributed by atoms with Crippen molar-refractivity contribution in [2.24, 2.45) is 11.8 Å². The maximum Gasteiger partial charge on any atom is 0.472 e. The van der Waals surface area contributed by atoms with E-state index in [-0.39, 0.29) is 25.7 Å². The molecule has 0 aromatic rings. The number of ether oxygens (including phenoxy) is 4. The number of unbranched alkanes of at least 4 members (excludes halogenated alkanes) is 45. The standard InChI is InChI=1S/C76H148O17P2/c1-7-9-11-13-15-17-18-19-20-21-22-26-29-35-41-47-53-59-74(79)87-65-72(93-75(80)60-54-48-42-36-30-27-24-23-25-28-33-38-44-50-56-68(3)4)67-91-95(84,85)89-63-70(77)62-88-94(82,83)90-66-71(64-86-73(78)58-52-46-40-16-14-12-10-8-2)92-76(81)61-55-49-43-37-32-31-34-39-45-51-57-69(5)6/h68-72,77H,7-67H2,1-6H3,(H,82,83)(H,84,85)/t70-,71+,72+/m0/s1. The number of carbonyl (C=O) groups is 4. The number of rotatable bonds is 75. The molecule has 95 heavy (non-hydrogen) atoms. The number of aliphatic hydroxyl groups excluding tert-OH is 1. The lowest BCUT2D eigenvalue weighted by Gasteiger charge is -2.21. The predicted molar refractivity (Wildman–Crippen MR) is 386 cm³/mol. The summed E-state index contributed by atoms with van der Waals surface area (Å²) in [4.78, 5) is 72.7. The predicted octanol–water partition coefficient (Wildman–Crippen LogP) is 22.3. The molecule has 19 heteroatoms. The van der Waals surface area contributed by atoms with E-state index in [1.165, 1.54) is 205 Å². The molecule has 0 bridgehead atoms. The van der Waals surface area contributed by atoms with Crippen molar-refractivity contribution in [2.45, 2.75) is 413 Å². The van der Waals surface area contributed by atoms with E-state index < -0.39 is 97.5 Å². The Bertz CT molecular complexity index is 1840. The molecule has 0 fully saturated rings. The zero-order valence-corrected chi connectivity index (χ0v) is 63.8. The van der Waals surface area contributed by atoms with Crippen LogP contribution in [0.2, 0.25) is 0 Å². The third kappa shape index (κ3) is 70.3. The van der Waals surface area contributed by atoms with Crippen LogP contribution in [0.3, 0.4) is 0 Å². The minimum Gasteiger partial charge on any atom is -0.462 e. The number of aliphatic hydroxyl groups is 1. The van der Waals surface area contributed by atoms with E-state index in [0.717, 1.165) is 108 Å². The molecule has 3 N–H and O–H groups in total. The van der Waals surface area contributed by atoms with Crippen molar-refractivity contribution < 1.29 is 80.2 Å². The zero-order valence-electron chi connectivity index (χ0n) is 62.0. The Labute approximate surface area is 581 Å². The van der Waals surface area contributed by atoms with Crippen molar-refractivity contribution in [3.63, 3.8) is 0 Å². The van der Waals surface area contributed by atoms with Gasteiger partial charge in [0.1, 0.15) is 19.3 Å². The second-order valence-electron chi connectivity index (χ2n) is 28.3. The van der Waals surface area contributed by atoms with Crippen molar-refractivity contribution in [3.8, 4) is 0 Å². The van der Waals surface area contributed by atoms with Crippen LogP contribution in [0.25, 0.3) is 0 Å². The summed E-state index contributed by atoms with van der Waals surface area (Å²) in [5.41, 5.74) is 0. The lowest BCUT2D eigenvalue weighted by molar-refractivity contribution is -0.161. The Morgan fingerprint density at radius 1 is 0.284 bits per heavy atom. The van der Waals surface area contributed by atoms with Crippen LogP contribution in [0.1, 0.15) is 395 Å². The van der Waals surface area contributed by atoms with Gasteiger partial charge in [0.25, 0.3) is 0 Å². The molecule has 0 radical (unpaired) electrons. The van der Waals surface area contributed by atoms with Gasteiger partial charge >= 0.3 is 39.5 Å². The average Bonchev–Trinajstić information content (AvgIpc) is 3.59. The Balaban J connectivity index is 5.21. The maximum absolute atomic E-state index is 13.1. The third-order valence-corrected chi connectivity index (χ3v) is 19.6. The SMILES string of the molecule is CCCCCCCCCCCCCCCCCCCC(=O)OC[C@H](COP(=O)(O)OC[C@@H](O)COP(=O)(O)OC[C@@H](COC(=O)CCCCCCCCCC)OC(=O)CCCCCCCCCCCCC(C)C)OC(=O)CCCCCCCCCCCCCCCCC(C)C. The molecule has 0 aromatic heterocycles. The maximum atomic E-state index is 13.1. The fourth-order valence-corrected chi connectivity index (χ4v) is 13.2. The van der Waals surface area contributed by atoms with Gasteiger partial charge in [-0.25, -0.2) is 9.13 Å². The molecule has 564 valence electrons. The van der Waals surface area contributed by atoms with Gasteiger partial charge in [0, 0.05) is 25.7 Å². The zero-order chi connectivity index (χ0) is 70.0. The van der Waals surface area contributed by atoms with E-state index in [2.05, 4.69) is 41.5 Å². The number of phosphoric acid groups is 2. The number of carbonyl (C=O) groups excluding carboxylic acids is 4. The summed E-state index contributed by atoms with van der Waals surface area (Å²) in [6.45, 7) is 9.58. The average molecular weight is 1400 g/mol. The van der Waals surface area contributed by atoms with Gasteiger partial charge in [-0.15, -0.1) is 0 Å². The summed E-state index contributed by atoms with van der Waals surface area (Å²) in [7, 11) is -9.91. The van der Waals surface area contributed by atoms with Crippen molar-refractivity contribution >= 4 is 39.5 Å². The van der Waals surface area contributed by atoms with Crippen molar-refractivity contribution in [1.82, 2.24) is 0 Å². The van der Waals surface area contributed by atoms with Crippen LogP contribution in [0, 0.1) is 11.8 Å². The molecule has 0 aromatic carbocycles. The number of hydrogen-bond donors (Lipinski definition) is 3. The number of hydrogen-bond acceptors (Lipinski definition) is 15. The van der Waals surface area contributed by atoms with E-state index in [9.17, 15) is 43.2 Å². The van der Waals surface area contributed by atoms with Crippen LogP contribution in [-0.4, -0.2) is 96.7 Å². The van der Waals surface area contributed by atoms with E-state index in [1.54, 1.807) is 0 Å². The van der Waals surface area contributed by atoms with Gasteiger partial charge in [0.15, 0.2) is 12.2 Å². The molecule has 0 heterocycles. The first-order valence-electron chi connectivity index (χ1n) is 39.5. The molecule has 0 rings (SSSR count). The minimum absolute atomic E-state index is 0.106. The molecule has 0 aliphatic rings. The quantitative estimate of drug-likeness (QED) is 0.0222. The Morgan fingerprint density at radius 2 is 0.484 bits per heavy atom. The summed E-state index contributed by atoms with van der Waals surface area (Å²) >= 11 is 0. The van der Waals surface area contributed by atoms with Crippen molar-refractivity contribution in [3.05, 3.63) is 0 Å². The summed E-state index contributed by atoms with van der Waals surface area (Å²) in [5, 5.41) is 10.6. The van der Waals surface area contributed by atoms with Crippen LogP contribution >= 0.6 is 15.6 Å². The third-order valence-electron chi connectivity index (χ3n) is 17.7. The molecule has 0 saturated heterocycles. The van der Waals surface area contributed by atoms with Gasteiger partial charge in [0.2, 0.25) is 0 Å². The minimum atomic E-state index is -4.96. The smallest absolute Gasteiger partial charge is 0.462 e. The van der Waals surface area contributed by atoms with Crippen molar-refractivity contribution in [2.75, 3.05) is 39.6 Å². The van der Waals surface area contributed by atoms with Crippen LogP contribution in [-0.2, 0) is 65.4 Å². The molecular formula is C76H148O17P2. The summed E-state index contributed by atoms with van der Waals surface area (Å²) in [5.74, 6) is -0.570. The number of phosphoric ester groups is 2. The Morgan fingerprint density at radius 3 is 0.716 bits per heavy atom. The molecule has 0 saturated carbocycles. The first kappa shape index (κ1) is 93.1. The highest BCUT2D eigenvalue weighted by molar-refractivity contribution is 7.47. The Hall–Kier alpha value is -1.94. The second kappa shape index (κ2) is 67.9. The highest BCUT2D eigenvalue weighted by Crippen LogP contribution is 2.45. The van der Waals surface area contributed by atoms with E-state index in [1.807, 2.05) is 0 Å². The van der Waals surface area contributed by atoms with Gasteiger partial charge in [-0.2, -0.15) is 0 Å². The van der Waals surface area contributed by atoms with Gasteiger partial charge < -0.3 is 33.8 Å². The monoisotopic (exact) mass is 1400 g/mol. The number of esters is 4. The van der Waals surface area contributed by atoms with E-state index >= 15 is 0 Å². The highest BCUT2D eigenvalue weighted by Gasteiger charge is 2.30.